The van der Waals surface area contributed by atoms with Gasteiger partial charge in [0.15, 0.2) is 34.9 Å². The zero-order valence-corrected chi connectivity index (χ0v) is 22.3. The molecule has 3 heterocycles. The molecular weight excluding hydrogens is 520 g/mol. The van der Waals surface area contributed by atoms with Gasteiger partial charge in [-0.2, -0.15) is 0 Å². The molecule has 0 atom stereocenters. The summed E-state index contributed by atoms with van der Waals surface area (Å²) in [4.78, 5) is 38.0. The molecule has 0 spiro atoms. The number of aromatic nitrogens is 8. The highest BCUT2D eigenvalue weighted by molar-refractivity contribution is 5.67. The lowest BCUT2D eigenvalue weighted by molar-refractivity contribution is 1.03. The van der Waals surface area contributed by atoms with Crippen molar-refractivity contribution in [3.05, 3.63) is 134 Å². The summed E-state index contributed by atoms with van der Waals surface area (Å²) >= 11 is 0. The van der Waals surface area contributed by atoms with E-state index in [1.165, 1.54) is 0 Å². The maximum absolute atomic E-state index is 4.88. The van der Waals surface area contributed by atoms with Crippen LogP contribution in [0.4, 0.5) is 0 Å². The molecule has 7 aromatic rings. The molecule has 0 radical (unpaired) electrons. The van der Waals surface area contributed by atoms with Crippen LogP contribution in [0.15, 0.2) is 134 Å². The van der Waals surface area contributed by atoms with Crippen molar-refractivity contribution in [1.29, 1.82) is 0 Å². The van der Waals surface area contributed by atoms with E-state index in [4.69, 9.17) is 34.9 Å². The Morgan fingerprint density at radius 3 is 0.810 bits per heavy atom. The Labute approximate surface area is 242 Å². The Morgan fingerprint density at radius 2 is 0.524 bits per heavy atom. The van der Waals surface area contributed by atoms with Crippen molar-refractivity contribution < 1.29 is 0 Å². The van der Waals surface area contributed by atoms with Crippen LogP contribution in [0.5, 0.6) is 0 Å². The van der Waals surface area contributed by atoms with Gasteiger partial charge < -0.3 is 0 Å². The van der Waals surface area contributed by atoms with Crippen molar-refractivity contribution in [1.82, 2.24) is 39.9 Å². The molecule has 0 fully saturated rings. The van der Waals surface area contributed by atoms with Crippen molar-refractivity contribution >= 4 is 0 Å². The van der Waals surface area contributed by atoms with E-state index in [9.17, 15) is 0 Å². The lowest BCUT2D eigenvalue weighted by Gasteiger charge is -2.09. The maximum Gasteiger partial charge on any atom is 0.184 e. The molecular formula is C34H22N8. The molecule has 4 aromatic carbocycles. The Hall–Kier alpha value is -6.02. The second-order valence-electron chi connectivity index (χ2n) is 9.37. The molecule has 8 heteroatoms. The molecule has 0 unspecified atom stereocenters. The topological polar surface area (TPSA) is 103 Å². The van der Waals surface area contributed by atoms with Gasteiger partial charge in [-0.25, -0.2) is 34.9 Å². The average molecular weight is 543 g/mol. The van der Waals surface area contributed by atoms with Gasteiger partial charge >= 0.3 is 0 Å². The van der Waals surface area contributed by atoms with Crippen LogP contribution < -0.4 is 0 Å². The van der Waals surface area contributed by atoms with Gasteiger partial charge in [-0.1, -0.05) is 121 Å². The standard InChI is InChI=1S/C34H22N8/c1-5-13-23(14-6-1)29-37-30(24-15-7-2-8-16-24)40-33(39-29)27-21-35-22-28(36-27)34-41-31(25-17-9-3-10-18-25)38-32(42-34)26-19-11-4-12-20-26/h1-22H. The van der Waals surface area contributed by atoms with Crippen LogP contribution in [0.2, 0.25) is 0 Å². The van der Waals surface area contributed by atoms with Gasteiger partial charge in [-0.15, -0.1) is 0 Å². The summed E-state index contributed by atoms with van der Waals surface area (Å²) in [6, 6.07) is 39.2. The SMILES string of the molecule is c1ccc(-c2nc(-c3ccccc3)nc(-c3cncc(-c4nc(-c5ccccc5)nc(-c5ccccc5)n4)n3)n2)cc1. The predicted octanol–water partition coefficient (Wildman–Crippen LogP) is 6.85. The summed E-state index contributed by atoms with van der Waals surface area (Å²) in [5, 5.41) is 0. The quantitative estimate of drug-likeness (QED) is 0.225. The first-order valence-corrected chi connectivity index (χ1v) is 13.4. The molecule has 42 heavy (non-hydrogen) atoms. The molecule has 198 valence electrons. The average Bonchev–Trinajstić information content (AvgIpc) is 3.09. The van der Waals surface area contributed by atoms with Gasteiger partial charge in [-0.05, 0) is 0 Å². The minimum Gasteiger partial charge on any atom is -0.260 e. The van der Waals surface area contributed by atoms with E-state index in [0.29, 0.717) is 46.3 Å². The molecule has 0 aliphatic heterocycles. The highest BCUT2D eigenvalue weighted by Crippen LogP contribution is 2.26. The summed E-state index contributed by atoms with van der Waals surface area (Å²) in [6.07, 6.45) is 3.28. The zero-order valence-electron chi connectivity index (χ0n) is 22.3. The van der Waals surface area contributed by atoms with Crippen LogP contribution in [0.1, 0.15) is 0 Å². The largest absolute Gasteiger partial charge is 0.260 e. The lowest BCUT2D eigenvalue weighted by Crippen LogP contribution is -2.04. The van der Waals surface area contributed by atoms with Crippen molar-refractivity contribution in [3.63, 3.8) is 0 Å². The third-order valence-corrected chi connectivity index (χ3v) is 6.49. The number of benzene rings is 4. The van der Waals surface area contributed by atoms with Gasteiger partial charge in [0.1, 0.15) is 11.4 Å². The number of hydrogen-bond donors (Lipinski definition) is 0. The summed E-state index contributed by atoms with van der Waals surface area (Å²) < 4.78 is 0. The number of hydrogen-bond acceptors (Lipinski definition) is 8. The van der Waals surface area contributed by atoms with Crippen LogP contribution >= 0.6 is 0 Å². The van der Waals surface area contributed by atoms with E-state index in [0.717, 1.165) is 22.3 Å². The molecule has 0 bridgehead atoms. The normalized spacial score (nSPS) is 10.9. The van der Waals surface area contributed by atoms with Gasteiger partial charge in [0.2, 0.25) is 0 Å². The summed E-state index contributed by atoms with van der Waals surface area (Å²) in [5.41, 5.74) is 4.46. The first kappa shape index (κ1) is 25.0. The highest BCUT2D eigenvalue weighted by Gasteiger charge is 2.17. The Balaban J connectivity index is 1.37. The Kier molecular flexibility index (Phi) is 6.68. The third-order valence-electron chi connectivity index (χ3n) is 6.49. The van der Waals surface area contributed by atoms with Crippen LogP contribution in [-0.4, -0.2) is 39.9 Å². The number of nitrogens with zero attached hydrogens (tertiary/aromatic N) is 8. The van der Waals surface area contributed by atoms with Crippen molar-refractivity contribution in [2.24, 2.45) is 0 Å². The maximum atomic E-state index is 4.88. The van der Waals surface area contributed by atoms with Crippen molar-refractivity contribution in [2.45, 2.75) is 0 Å². The lowest BCUT2D eigenvalue weighted by atomic mass is 10.2. The van der Waals surface area contributed by atoms with E-state index >= 15 is 0 Å². The fourth-order valence-corrected chi connectivity index (χ4v) is 4.43. The minimum atomic E-state index is 0.401. The van der Waals surface area contributed by atoms with Crippen LogP contribution in [0.3, 0.4) is 0 Å². The predicted molar refractivity (Wildman–Crippen MR) is 161 cm³/mol. The first-order valence-electron chi connectivity index (χ1n) is 13.4. The van der Waals surface area contributed by atoms with Crippen LogP contribution in [-0.2, 0) is 0 Å². The summed E-state index contributed by atoms with van der Waals surface area (Å²) in [5.74, 6) is 2.98. The van der Waals surface area contributed by atoms with Crippen molar-refractivity contribution in [3.8, 4) is 68.6 Å². The van der Waals surface area contributed by atoms with E-state index < -0.39 is 0 Å². The molecule has 0 saturated carbocycles. The smallest absolute Gasteiger partial charge is 0.184 e. The zero-order chi connectivity index (χ0) is 28.1. The second kappa shape index (κ2) is 11.2. The molecule has 8 nitrogen and oxygen atoms in total. The third kappa shape index (κ3) is 5.24. The van der Waals surface area contributed by atoms with E-state index in [1.54, 1.807) is 12.4 Å². The summed E-state index contributed by atoms with van der Waals surface area (Å²) in [7, 11) is 0. The molecule has 0 N–H and O–H groups in total. The molecule has 0 amide bonds. The minimum absolute atomic E-state index is 0.401. The van der Waals surface area contributed by atoms with Crippen molar-refractivity contribution in [2.75, 3.05) is 0 Å². The van der Waals surface area contributed by atoms with Crippen LogP contribution in [0, 0.1) is 0 Å². The molecule has 0 aliphatic rings. The van der Waals surface area contributed by atoms with Crippen LogP contribution in [0.25, 0.3) is 68.6 Å². The monoisotopic (exact) mass is 542 g/mol. The molecule has 0 aliphatic carbocycles. The van der Waals surface area contributed by atoms with Gasteiger partial charge in [0.25, 0.3) is 0 Å². The Morgan fingerprint density at radius 1 is 0.262 bits per heavy atom. The summed E-state index contributed by atoms with van der Waals surface area (Å²) in [6.45, 7) is 0. The number of rotatable bonds is 6. The van der Waals surface area contributed by atoms with E-state index in [-0.39, 0.29) is 0 Å². The van der Waals surface area contributed by atoms with E-state index in [2.05, 4.69) is 4.98 Å². The first-order chi connectivity index (χ1) is 20.8. The highest BCUT2D eigenvalue weighted by atomic mass is 15.1. The second-order valence-corrected chi connectivity index (χ2v) is 9.37. The molecule has 3 aromatic heterocycles. The van der Waals surface area contributed by atoms with E-state index in [1.807, 2.05) is 121 Å². The Bertz CT molecular complexity index is 1710. The van der Waals surface area contributed by atoms with Gasteiger partial charge in [-0.3, -0.25) is 4.98 Å². The van der Waals surface area contributed by atoms with Gasteiger partial charge in [0, 0.05) is 22.3 Å². The molecule has 0 saturated heterocycles. The van der Waals surface area contributed by atoms with Gasteiger partial charge in [0.05, 0.1) is 12.4 Å². The molecule has 7 rings (SSSR count). The fourth-order valence-electron chi connectivity index (χ4n) is 4.43. The fraction of sp³-hybridized carbons (Fsp3) is 0.